The van der Waals surface area contributed by atoms with Crippen molar-refractivity contribution in [3.8, 4) is 0 Å². The van der Waals surface area contributed by atoms with Crippen molar-refractivity contribution in [2.24, 2.45) is 28.7 Å². The maximum Gasteiger partial charge on any atom is 0.191 e. The first-order valence-corrected chi connectivity index (χ1v) is 11.3. The molecule has 2 rings (SSSR count). The highest BCUT2D eigenvalue weighted by atomic mass is 32.2. The monoisotopic (exact) mass is 357 g/mol. The van der Waals surface area contributed by atoms with Crippen LogP contribution in [0.2, 0.25) is 0 Å². The van der Waals surface area contributed by atoms with Crippen molar-refractivity contribution >= 4 is 15.8 Å². The molecule has 2 aliphatic rings. The zero-order chi connectivity index (χ0) is 17.7. The van der Waals surface area contributed by atoms with E-state index in [9.17, 15) is 8.42 Å². The molecule has 6 heteroatoms. The molecule has 0 bridgehead atoms. The highest BCUT2D eigenvalue weighted by molar-refractivity contribution is 7.91. The SMILES string of the molecule is CC(C)CN=C(NCC1CCS(=O)(=O)C1)NC1CCC(C)C(C)C1. The molecule has 4 atom stereocenters. The Kier molecular flexibility index (Phi) is 6.96. The molecule has 1 saturated carbocycles. The molecule has 1 saturated heterocycles. The van der Waals surface area contributed by atoms with E-state index in [1.54, 1.807) is 0 Å². The summed E-state index contributed by atoms with van der Waals surface area (Å²) < 4.78 is 23.2. The largest absolute Gasteiger partial charge is 0.356 e. The van der Waals surface area contributed by atoms with Gasteiger partial charge in [0.25, 0.3) is 0 Å². The van der Waals surface area contributed by atoms with E-state index < -0.39 is 9.84 Å². The van der Waals surface area contributed by atoms with Crippen LogP contribution in [0.4, 0.5) is 0 Å². The lowest BCUT2D eigenvalue weighted by atomic mass is 9.79. The second-order valence-corrected chi connectivity index (χ2v) is 10.6. The first-order chi connectivity index (χ1) is 11.2. The lowest BCUT2D eigenvalue weighted by molar-refractivity contribution is 0.239. The Bertz CT molecular complexity index is 530. The van der Waals surface area contributed by atoms with Crippen LogP contribution in [-0.4, -0.2) is 45.0 Å². The van der Waals surface area contributed by atoms with Crippen LogP contribution in [0.25, 0.3) is 0 Å². The van der Waals surface area contributed by atoms with Crippen LogP contribution >= 0.6 is 0 Å². The minimum atomic E-state index is -2.81. The third-order valence-corrected chi connectivity index (χ3v) is 7.28. The molecule has 1 aliphatic carbocycles. The number of aliphatic imine (C=N–C) groups is 1. The first-order valence-electron chi connectivity index (χ1n) is 9.50. The third kappa shape index (κ3) is 6.26. The van der Waals surface area contributed by atoms with Gasteiger partial charge in [0.05, 0.1) is 11.5 Å². The summed E-state index contributed by atoms with van der Waals surface area (Å²) in [7, 11) is -2.81. The summed E-state index contributed by atoms with van der Waals surface area (Å²) >= 11 is 0. The van der Waals surface area contributed by atoms with E-state index in [1.807, 2.05) is 0 Å². The quantitative estimate of drug-likeness (QED) is 0.586. The molecule has 0 aromatic rings. The van der Waals surface area contributed by atoms with Crippen molar-refractivity contribution in [2.45, 2.75) is 59.4 Å². The first kappa shape index (κ1) is 19.5. The Balaban J connectivity index is 1.89. The summed E-state index contributed by atoms with van der Waals surface area (Å²) in [6, 6.07) is 0.474. The zero-order valence-electron chi connectivity index (χ0n) is 15.7. The Hall–Kier alpha value is -0.780. The van der Waals surface area contributed by atoms with Crippen molar-refractivity contribution in [3.63, 3.8) is 0 Å². The molecule has 0 spiro atoms. The van der Waals surface area contributed by atoms with Gasteiger partial charge in [-0.1, -0.05) is 27.7 Å². The average Bonchev–Trinajstić information content (AvgIpc) is 2.85. The van der Waals surface area contributed by atoms with Crippen molar-refractivity contribution in [2.75, 3.05) is 24.6 Å². The zero-order valence-corrected chi connectivity index (χ0v) is 16.5. The van der Waals surface area contributed by atoms with Crippen molar-refractivity contribution in [1.29, 1.82) is 0 Å². The maximum atomic E-state index is 11.6. The van der Waals surface area contributed by atoms with Crippen molar-refractivity contribution in [1.82, 2.24) is 10.6 Å². The highest BCUT2D eigenvalue weighted by Crippen LogP contribution is 2.29. The Morgan fingerprint density at radius 3 is 2.50 bits per heavy atom. The van der Waals surface area contributed by atoms with E-state index in [0.29, 0.717) is 30.0 Å². The lowest BCUT2D eigenvalue weighted by Gasteiger charge is -2.33. The van der Waals surface area contributed by atoms with Gasteiger partial charge in [0.15, 0.2) is 15.8 Å². The second kappa shape index (κ2) is 8.54. The van der Waals surface area contributed by atoms with Crippen LogP contribution in [-0.2, 0) is 9.84 Å². The molecule has 140 valence electrons. The third-order valence-electron chi connectivity index (χ3n) is 5.44. The van der Waals surface area contributed by atoms with E-state index in [2.05, 4.69) is 38.3 Å². The van der Waals surface area contributed by atoms with Crippen molar-refractivity contribution < 1.29 is 8.42 Å². The molecule has 0 aromatic carbocycles. The molecule has 4 unspecified atom stereocenters. The van der Waals surface area contributed by atoms with Crippen LogP contribution in [0.5, 0.6) is 0 Å². The summed E-state index contributed by atoms with van der Waals surface area (Å²) in [5, 5.41) is 7.00. The molecule has 0 radical (unpaired) electrons. The number of rotatable bonds is 5. The normalized spacial score (nSPS) is 33.6. The number of hydrogen-bond acceptors (Lipinski definition) is 3. The van der Waals surface area contributed by atoms with Crippen LogP contribution in [0.1, 0.15) is 53.4 Å². The Morgan fingerprint density at radius 1 is 1.17 bits per heavy atom. The summed E-state index contributed by atoms with van der Waals surface area (Å²) in [6.07, 6.45) is 4.40. The minimum absolute atomic E-state index is 0.214. The number of guanidine groups is 1. The maximum absolute atomic E-state index is 11.6. The predicted octanol–water partition coefficient (Wildman–Crippen LogP) is 2.44. The molecule has 5 nitrogen and oxygen atoms in total. The van der Waals surface area contributed by atoms with Gasteiger partial charge >= 0.3 is 0 Å². The molecule has 0 aromatic heterocycles. The summed E-state index contributed by atoms with van der Waals surface area (Å²) in [5.41, 5.74) is 0. The van der Waals surface area contributed by atoms with Gasteiger partial charge in [0.2, 0.25) is 0 Å². The summed E-state index contributed by atoms with van der Waals surface area (Å²) in [6.45, 7) is 10.5. The van der Waals surface area contributed by atoms with Crippen LogP contribution in [0, 0.1) is 23.7 Å². The van der Waals surface area contributed by atoms with Gasteiger partial charge in [-0.15, -0.1) is 0 Å². The number of nitrogens with zero attached hydrogens (tertiary/aromatic N) is 1. The Morgan fingerprint density at radius 2 is 1.92 bits per heavy atom. The van der Waals surface area contributed by atoms with E-state index in [-0.39, 0.29) is 5.92 Å². The van der Waals surface area contributed by atoms with Crippen LogP contribution < -0.4 is 10.6 Å². The summed E-state index contributed by atoms with van der Waals surface area (Å²) in [5.74, 6) is 3.78. The fourth-order valence-electron chi connectivity index (χ4n) is 3.57. The van der Waals surface area contributed by atoms with Gasteiger partial charge in [-0.3, -0.25) is 4.99 Å². The number of hydrogen-bond donors (Lipinski definition) is 2. The number of sulfone groups is 1. The molecular formula is C18H35N3O2S. The standard InChI is InChI=1S/C18H35N3O2S/c1-13(2)10-19-18(20-11-16-7-8-24(22,23)12-16)21-17-6-5-14(3)15(4)9-17/h13-17H,5-12H2,1-4H3,(H2,19,20,21). The van der Waals surface area contributed by atoms with Crippen LogP contribution in [0.15, 0.2) is 4.99 Å². The second-order valence-electron chi connectivity index (χ2n) is 8.34. The fourth-order valence-corrected chi connectivity index (χ4v) is 5.43. The Labute approximate surface area is 148 Å². The smallest absolute Gasteiger partial charge is 0.191 e. The predicted molar refractivity (Wildman–Crippen MR) is 101 cm³/mol. The lowest BCUT2D eigenvalue weighted by Crippen LogP contribution is -2.47. The molecule has 2 fully saturated rings. The van der Waals surface area contributed by atoms with E-state index in [0.717, 1.165) is 30.8 Å². The van der Waals surface area contributed by atoms with Gasteiger partial charge in [-0.25, -0.2) is 8.42 Å². The van der Waals surface area contributed by atoms with Gasteiger partial charge in [-0.05, 0) is 49.4 Å². The van der Waals surface area contributed by atoms with Gasteiger partial charge in [-0.2, -0.15) is 0 Å². The summed E-state index contributed by atoms with van der Waals surface area (Å²) in [4.78, 5) is 4.70. The topological polar surface area (TPSA) is 70.6 Å². The fraction of sp³-hybridized carbons (Fsp3) is 0.944. The highest BCUT2D eigenvalue weighted by Gasteiger charge is 2.28. The molecule has 2 N–H and O–H groups in total. The minimum Gasteiger partial charge on any atom is -0.356 e. The van der Waals surface area contributed by atoms with Crippen molar-refractivity contribution in [3.05, 3.63) is 0 Å². The number of nitrogens with one attached hydrogen (secondary N) is 2. The molecular weight excluding hydrogens is 322 g/mol. The average molecular weight is 358 g/mol. The molecule has 24 heavy (non-hydrogen) atoms. The molecule has 1 aliphatic heterocycles. The molecule has 0 amide bonds. The van der Waals surface area contributed by atoms with Gasteiger partial charge < -0.3 is 10.6 Å². The van der Waals surface area contributed by atoms with E-state index >= 15 is 0 Å². The van der Waals surface area contributed by atoms with Gasteiger partial charge in [0, 0.05) is 19.1 Å². The molecule has 1 heterocycles. The van der Waals surface area contributed by atoms with Crippen LogP contribution in [0.3, 0.4) is 0 Å². The van der Waals surface area contributed by atoms with Gasteiger partial charge in [0.1, 0.15) is 0 Å². The van der Waals surface area contributed by atoms with E-state index in [1.165, 1.54) is 19.3 Å². The van der Waals surface area contributed by atoms with E-state index in [4.69, 9.17) is 4.99 Å².